The molecule has 0 spiro atoms. The molecular weight excluding hydrogens is 200 g/mol. The van der Waals surface area contributed by atoms with Crippen molar-refractivity contribution >= 4 is 5.78 Å². The molecule has 0 bridgehead atoms. The van der Waals surface area contributed by atoms with Gasteiger partial charge in [-0.1, -0.05) is 24.3 Å². The Bertz CT molecular complexity index is 331. The molecule has 0 radical (unpaired) electrons. The van der Waals surface area contributed by atoms with Crippen LogP contribution in [0.4, 0.5) is 0 Å². The third-order valence-electron chi connectivity index (χ3n) is 2.74. The molecule has 0 aliphatic heterocycles. The maximum absolute atomic E-state index is 11.5. The van der Waals surface area contributed by atoms with Crippen LogP contribution in [0.2, 0.25) is 0 Å². The van der Waals surface area contributed by atoms with E-state index < -0.39 is 0 Å². The Morgan fingerprint density at radius 2 is 2.00 bits per heavy atom. The van der Waals surface area contributed by atoms with Crippen LogP contribution < -0.4 is 0 Å². The SMILES string of the molecule is COCCCC(=O)CCc1ccccc1C. The lowest BCUT2D eigenvalue weighted by atomic mass is 10.0. The Morgan fingerprint density at radius 3 is 2.69 bits per heavy atom. The van der Waals surface area contributed by atoms with Gasteiger partial charge in [0.15, 0.2) is 0 Å². The number of rotatable bonds is 7. The number of methoxy groups -OCH3 is 1. The van der Waals surface area contributed by atoms with Gasteiger partial charge in [-0.2, -0.15) is 0 Å². The fourth-order valence-electron chi connectivity index (χ4n) is 1.70. The molecule has 0 saturated carbocycles. The Morgan fingerprint density at radius 1 is 1.25 bits per heavy atom. The molecule has 1 aromatic rings. The van der Waals surface area contributed by atoms with Crippen molar-refractivity contribution in [2.45, 2.75) is 32.6 Å². The highest BCUT2D eigenvalue weighted by Crippen LogP contribution is 2.10. The van der Waals surface area contributed by atoms with Crippen LogP contribution >= 0.6 is 0 Å². The van der Waals surface area contributed by atoms with Gasteiger partial charge in [0.25, 0.3) is 0 Å². The van der Waals surface area contributed by atoms with E-state index in [4.69, 9.17) is 4.74 Å². The minimum absolute atomic E-state index is 0.334. The Balaban J connectivity index is 2.29. The van der Waals surface area contributed by atoms with E-state index in [2.05, 4.69) is 19.1 Å². The lowest BCUT2D eigenvalue weighted by molar-refractivity contribution is -0.119. The number of carbonyl (C=O) groups excluding carboxylic acids is 1. The van der Waals surface area contributed by atoms with Crippen molar-refractivity contribution in [3.63, 3.8) is 0 Å². The fourth-order valence-corrected chi connectivity index (χ4v) is 1.70. The number of carbonyl (C=O) groups is 1. The van der Waals surface area contributed by atoms with Gasteiger partial charge >= 0.3 is 0 Å². The van der Waals surface area contributed by atoms with Crippen molar-refractivity contribution < 1.29 is 9.53 Å². The van der Waals surface area contributed by atoms with E-state index in [1.54, 1.807) is 7.11 Å². The molecule has 2 nitrogen and oxygen atoms in total. The molecule has 0 atom stereocenters. The van der Waals surface area contributed by atoms with Gasteiger partial charge in [0.1, 0.15) is 5.78 Å². The normalized spacial score (nSPS) is 10.4. The molecule has 16 heavy (non-hydrogen) atoms. The van der Waals surface area contributed by atoms with Crippen LogP contribution in [0.5, 0.6) is 0 Å². The van der Waals surface area contributed by atoms with Crippen LogP contribution in [0.3, 0.4) is 0 Å². The molecule has 0 aliphatic rings. The highest BCUT2D eigenvalue weighted by molar-refractivity contribution is 5.78. The largest absolute Gasteiger partial charge is 0.385 e. The Kier molecular flexibility index (Phi) is 5.79. The standard InChI is InChI=1S/C14H20O2/c1-12-6-3-4-7-13(12)9-10-14(15)8-5-11-16-2/h3-4,6-7H,5,8-11H2,1-2H3. The molecule has 0 amide bonds. The Hall–Kier alpha value is -1.15. The van der Waals surface area contributed by atoms with E-state index in [0.717, 1.165) is 12.8 Å². The summed E-state index contributed by atoms with van der Waals surface area (Å²) < 4.78 is 4.92. The van der Waals surface area contributed by atoms with Gasteiger partial charge in [-0.25, -0.2) is 0 Å². The fraction of sp³-hybridized carbons (Fsp3) is 0.500. The third kappa shape index (κ3) is 4.58. The number of benzene rings is 1. The van der Waals surface area contributed by atoms with Crippen molar-refractivity contribution in [2.75, 3.05) is 13.7 Å². The highest BCUT2D eigenvalue weighted by Gasteiger charge is 2.03. The zero-order valence-corrected chi connectivity index (χ0v) is 10.2. The lowest BCUT2D eigenvalue weighted by Gasteiger charge is -2.04. The van der Waals surface area contributed by atoms with Gasteiger partial charge in [0.05, 0.1) is 0 Å². The van der Waals surface area contributed by atoms with Crippen LogP contribution in [0.15, 0.2) is 24.3 Å². The zero-order chi connectivity index (χ0) is 11.8. The van der Waals surface area contributed by atoms with Crippen LogP contribution in [-0.2, 0) is 16.0 Å². The van der Waals surface area contributed by atoms with Gasteiger partial charge in [0, 0.05) is 26.6 Å². The summed E-state index contributed by atoms with van der Waals surface area (Å²) in [5.74, 6) is 0.334. The molecule has 0 fully saturated rings. The molecular formula is C14H20O2. The number of hydrogen-bond acceptors (Lipinski definition) is 2. The van der Waals surface area contributed by atoms with Gasteiger partial charge in [-0.05, 0) is 30.9 Å². The van der Waals surface area contributed by atoms with E-state index >= 15 is 0 Å². The summed E-state index contributed by atoms with van der Waals surface area (Å²) in [6, 6.07) is 8.24. The number of ether oxygens (including phenoxy) is 1. The third-order valence-corrected chi connectivity index (χ3v) is 2.74. The number of hydrogen-bond donors (Lipinski definition) is 0. The first-order chi connectivity index (χ1) is 7.74. The molecule has 0 saturated heterocycles. The molecule has 0 heterocycles. The topological polar surface area (TPSA) is 26.3 Å². The summed E-state index contributed by atoms with van der Waals surface area (Å²) in [5.41, 5.74) is 2.55. The predicted octanol–water partition coefficient (Wildman–Crippen LogP) is 2.92. The quantitative estimate of drug-likeness (QED) is 0.660. The van der Waals surface area contributed by atoms with Crippen LogP contribution in [0, 0.1) is 6.92 Å². The van der Waals surface area contributed by atoms with Crippen molar-refractivity contribution in [2.24, 2.45) is 0 Å². The van der Waals surface area contributed by atoms with Gasteiger partial charge in [0.2, 0.25) is 0 Å². The maximum Gasteiger partial charge on any atom is 0.133 e. The highest BCUT2D eigenvalue weighted by atomic mass is 16.5. The van der Waals surface area contributed by atoms with Gasteiger partial charge in [-0.3, -0.25) is 4.79 Å². The zero-order valence-electron chi connectivity index (χ0n) is 10.2. The molecule has 0 aromatic heterocycles. The first kappa shape index (κ1) is 12.9. The molecule has 0 aliphatic carbocycles. The van der Waals surface area contributed by atoms with E-state index in [1.807, 2.05) is 12.1 Å². The van der Waals surface area contributed by atoms with E-state index in [-0.39, 0.29) is 0 Å². The van der Waals surface area contributed by atoms with Crippen molar-refractivity contribution in [3.05, 3.63) is 35.4 Å². The molecule has 1 rings (SSSR count). The first-order valence-corrected chi connectivity index (χ1v) is 5.79. The van der Waals surface area contributed by atoms with Crippen molar-refractivity contribution in [1.29, 1.82) is 0 Å². The van der Waals surface area contributed by atoms with E-state index in [1.165, 1.54) is 11.1 Å². The second-order valence-electron chi connectivity index (χ2n) is 4.06. The number of ketones is 1. The van der Waals surface area contributed by atoms with Gasteiger partial charge in [-0.15, -0.1) is 0 Å². The lowest BCUT2D eigenvalue weighted by Crippen LogP contribution is -2.02. The summed E-state index contributed by atoms with van der Waals surface area (Å²) in [5, 5.41) is 0. The molecule has 0 unspecified atom stereocenters. The monoisotopic (exact) mass is 220 g/mol. The van der Waals surface area contributed by atoms with Gasteiger partial charge < -0.3 is 4.74 Å². The number of Topliss-reactive ketones (excluding diaryl/α,β-unsaturated/α-hetero) is 1. The maximum atomic E-state index is 11.5. The van der Waals surface area contributed by atoms with E-state index in [0.29, 0.717) is 25.2 Å². The van der Waals surface area contributed by atoms with Crippen molar-refractivity contribution in [3.8, 4) is 0 Å². The van der Waals surface area contributed by atoms with Crippen LogP contribution in [0.1, 0.15) is 30.4 Å². The average Bonchev–Trinajstić information content (AvgIpc) is 2.28. The molecule has 88 valence electrons. The number of aryl methyl sites for hydroxylation is 2. The van der Waals surface area contributed by atoms with Crippen LogP contribution in [0.25, 0.3) is 0 Å². The van der Waals surface area contributed by atoms with E-state index in [9.17, 15) is 4.79 Å². The molecule has 0 N–H and O–H groups in total. The Labute approximate surface area is 97.6 Å². The minimum Gasteiger partial charge on any atom is -0.385 e. The molecule has 1 aromatic carbocycles. The smallest absolute Gasteiger partial charge is 0.133 e. The second-order valence-corrected chi connectivity index (χ2v) is 4.06. The summed E-state index contributed by atoms with van der Waals surface area (Å²) in [4.78, 5) is 11.5. The summed E-state index contributed by atoms with van der Waals surface area (Å²) in [6.07, 6.45) is 2.98. The second kappa shape index (κ2) is 7.18. The molecule has 2 heteroatoms. The predicted molar refractivity (Wildman–Crippen MR) is 65.6 cm³/mol. The summed E-state index contributed by atoms with van der Waals surface area (Å²) in [7, 11) is 1.66. The minimum atomic E-state index is 0.334. The summed E-state index contributed by atoms with van der Waals surface area (Å²) in [6.45, 7) is 2.76. The van der Waals surface area contributed by atoms with Crippen LogP contribution in [-0.4, -0.2) is 19.5 Å². The first-order valence-electron chi connectivity index (χ1n) is 5.79. The summed E-state index contributed by atoms with van der Waals surface area (Å²) >= 11 is 0. The average molecular weight is 220 g/mol. The van der Waals surface area contributed by atoms with Crippen molar-refractivity contribution in [1.82, 2.24) is 0 Å².